The summed E-state index contributed by atoms with van der Waals surface area (Å²) >= 11 is 0. The van der Waals surface area contributed by atoms with Gasteiger partial charge in [-0.05, 0) is 17.7 Å². The van der Waals surface area contributed by atoms with E-state index in [0.29, 0.717) is 12.5 Å². The van der Waals surface area contributed by atoms with Crippen molar-refractivity contribution in [2.24, 2.45) is 4.99 Å². The smallest absolute Gasteiger partial charge is 0.191 e. The SMILES string of the molecule is CN=C(NCCN1CCOCC1)NCc1ccc(OC)c(F)c1. The van der Waals surface area contributed by atoms with Crippen molar-refractivity contribution in [2.45, 2.75) is 6.54 Å². The summed E-state index contributed by atoms with van der Waals surface area (Å²) < 4.78 is 23.9. The molecule has 0 aromatic heterocycles. The molecule has 1 aliphatic rings. The highest BCUT2D eigenvalue weighted by atomic mass is 19.1. The minimum Gasteiger partial charge on any atom is -0.494 e. The molecule has 7 heteroatoms. The molecule has 0 unspecified atom stereocenters. The van der Waals surface area contributed by atoms with Crippen LogP contribution < -0.4 is 15.4 Å². The lowest BCUT2D eigenvalue weighted by atomic mass is 10.2. The van der Waals surface area contributed by atoms with E-state index >= 15 is 0 Å². The Morgan fingerprint density at radius 2 is 2.13 bits per heavy atom. The van der Waals surface area contributed by atoms with Crippen LogP contribution in [0.1, 0.15) is 5.56 Å². The van der Waals surface area contributed by atoms with Crippen molar-refractivity contribution in [2.75, 3.05) is 53.6 Å². The molecule has 1 saturated heterocycles. The van der Waals surface area contributed by atoms with E-state index in [4.69, 9.17) is 9.47 Å². The van der Waals surface area contributed by atoms with Gasteiger partial charge in [0.25, 0.3) is 0 Å². The number of aliphatic imine (C=N–C) groups is 1. The van der Waals surface area contributed by atoms with Gasteiger partial charge in [-0.1, -0.05) is 6.07 Å². The molecular formula is C16H25FN4O2. The predicted octanol–water partition coefficient (Wildman–Crippen LogP) is 0.832. The Morgan fingerprint density at radius 3 is 2.78 bits per heavy atom. The number of morpholine rings is 1. The number of guanidine groups is 1. The fraction of sp³-hybridized carbons (Fsp3) is 0.562. The van der Waals surface area contributed by atoms with E-state index in [0.717, 1.165) is 45.0 Å². The summed E-state index contributed by atoms with van der Waals surface area (Å²) in [7, 11) is 3.18. The van der Waals surface area contributed by atoms with Crippen molar-refractivity contribution >= 4 is 5.96 Å². The van der Waals surface area contributed by atoms with Gasteiger partial charge in [0.05, 0.1) is 20.3 Å². The first kappa shape index (κ1) is 17.5. The van der Waals surface area contributed by atoms with Crippen LogP contribution in [-0.2, 0) is 11.3 Å². The highest BCUT2D eigenvalue weighted by Gasteiger charge is 2.09. The van der Waals surface area contributed by atoms with E-state index in [1.54, 1.807) is 13.1 Å². The Morgan fingerprint density at radius 1 is 1.35 bits per heavy atom. The normalized spacial score (nSPS) is 16.2. The van der Waals surface area contributed by atoms with E-state index in [9.17, 15) is 4.39 Å². The first-order valence-corrected chi connectivity index (χ1v) is 7.80. The number of ether oxygens (including phenoxy) is 2. The van der Waals surface area contributed by atoms with Crippen LogP contribution in [0.2, 0.25) is 0 Å². The van der Waals surface area contributed by atoms with Crippen molar-refractivity contribution in [3.63, 3.8) is 0 Å². The topological polar surface area (TPSA) is 58.1 Å². The van der Waals surface area contributed by atoms with E-state index in [-0.39, 0.29) is 11.6 Å². The van der Waals surface area contributed by atoms with E-state index < -0.39 is 0 Å². The highest BCUT2D eigenvalue weighted by molar-refractivity contribution is 5.79. The van der Waals surface area contributed by atoms with E-state index in [1.807, 2.05) is 6.07 Å². The van der Waals surface area contributed by atoms with Crippen molar-refractivity contribution in [1.82, 2.24) is 15.5 Å². The molecule has 0 atom stereocenters. The molecular weight excluding hydrogens is 299 g/mol. The van der Waals surface area contributed by atoms with Crippen LogP contribution in [0.4, 0.5) is 4.39 Å². The predicted molar refractivity (Wildman–Crippen MR) is 88.4 cm³/mol. The zero-order valence-electron chi connectivity index (χ0n) is 13.8. The third-order valence-electron chi connectivity index (χ3n) is 3.72. The summed E-state index contributed by atoms with van der Waals surface area (Å²) in [6.45, 7) is 5.79. The average Bonchev–Trinajstić information content (AvgIpc) is 2.59. The second-order valence-corrected chi connectivity index (χ2v) is 5.28. The molecule has 1 aromatic rings. The largest absolute Gasteiger partial charge is 0.494 e. The van der Waals surface area contributed by atoms with E-state index in [2.05, 4.69) is 20.5 Å². The fourth-order valence-corrected chi connectivity index (χ4v) is 2.38. The summed E-state index contributed by atoms with van der Waals surface area (Å²) in [6.07, 6.45) is 0. The number of nitrogens with one attached hydrogen (secondary N) is 2. The van der Waals surface area contributed by atoms with Crippen LogP contribution in [0.25, 0.3) is 0 Å². The monoisotopic (exact) mass is 324 g/mol. The number of rotatable bonds is 6. The molecule has 1 fully saturated rings. The highest BCUT2D eigenvalue weighted by Crippen LogP contribution is 2.17. The number of benzene rings is 1. The van der Waals surface area contributed by atoms with Gasteiger partial charge in [0, 0.05) is 39.8 Å². The van der Waals surface area contributed by atoms with Crippen molar-refractivity contribution < 1.29 is 13.9 Å². The van der Waals surface area contributed by atoms with Crippen molar-refractivity contribution in [3.05, 3.63) is 29.6 Å². The first-order valence-electron chi connectivity index (χ1n) is 7.80. The Hall–Kier alpha value is -1.86. The Kier molecular flexibility index (Phi) is 7.09. The zero-order valence-corrected chi connectivity index (χ0v) is 13.8. The summed E-state index contributed by atoms with van der Waals surface area (Å²) in [4.78, 5) is 6.52. The summed E-state index contributed by atoms with van der Waals surface area (Å²) in [6, 6.07) is 4.92. The lowest BCUT2D eigenvalue weighted by Crippen LogP contribution is -2.44. The minimum atomic E-state index is -0.359. The van der Waals surface area contributed by atoms with Gasteiger partial charge in [-0.2, -0.15) is 0 Å². The molecule has 1 heterocycles. The second kappa shape index (κ2) is 9.32. The molecule has 2 N–H and O–H groups in total. The quantitative estimate of drug-likeness (QED) is 0.600. The minimum absolute atomic E-state index is 0.252. The molecule has 2 rings (SSSR count). The second-order valence-electron chi connectivity index (χ2n) is 5.28. The van der Waals surface area contributed by atoms with Gasteiger partial charge in [0.1, 0.15) is 0 Å². The van der Waals surface area contributed by atoms with Gasteiger partial charge < -0.3 is 20.1 Å². The molecule has 0 radical (unpaired) electrons. The molecule has 23 heavy (non-hydrogen) atoms. The van der Waals surface area contributed by atoms with Crippen LogP contribution >= 0.6 is 0 Å². The van der Waals surface area contributed by atoms with Gasteiger partial charge in [-0.15, -0.1) is 0 Å². The summed E-state index contributed by atoms with van der Waals surface area (Å²) in [5.41, 5.74) is 0.833. The molecule has 0 amide bonds. The van der Waals surface area contributed by atoms with Gasteiger partial charge >= 0.3 is 0 Å². The number of hydrogen-bond donors (Lipinski definition) is 2. The summed E-state index contributed by atoms with van der Waals surface area (Å²) in [5, 5.41) is 6.44. The van der Waals surface area contributed by atoms with Crippen LogP contribution in [-0.4, -0.2) is 64.4 Å². The lowest BCUT2D eigenvalue weighted by Gasteiger charge is -2.26. The Labute approximate surface area is 136 Å². The Balaban J connectivity index is 1.73. The average molecular weight is 324 g/mol. The van der Waals surface area contributed by atoms with Gasteiger partial charge in [-0.25, -0.2) is 4.39 Å². The molecule has 0 saturated carbocycles. The van der Waals surface area contributed by atoms with Gasteiger partial charge in [-0.3, -0.25) is 9.89 Å². The number of hydrogen-bond acceptors (Lipinski definition) is 4. The van der Waals surface area contributed by atoms with Crippen LogP contribution in [0.15, 0.2) is 23.2 Å². The van der Waals surface area contributed by atoms with Crippen molar-refractivity contribution in [1.29, 1.82) is 0 Å². The molecule has 0 spiro atoms. The van der Waals surface area contributed by atoms with Crippen molar-refractivity contribution in [3.8, 4) is 5.75 Å². The maximum absolute atomic E-state index is 13.7. The molecule has 0 bridgehead atoms. The Bertz CT molecular complexity index is 519. The molecule has 0 aliphatic carbocycles. The number of halogens is 1. The third kappa shape index (κ3) is 5.69. The zero-order chi connectivity index (χ0) is 16.5. The maximum Gasteiger partial charge on any atom is 0.191 e. The van der Waals surface area contributed by atoms with Gasteiger partial charge in [0.2, 0.25) is 0 Å². The maximum atomic E-state index is 13.7. The van der Waals surface area contributed by atoms with Crippen LogP contribution in [0.5, 0.6) is 5.75 Å². The standard InChI is InChI=1S/C16H25FN4O2/c1-18-16(19-5-6-21-7-9-23-10-8-21)20-12-13-3-4-15(22-2)14(17)11-13/h3-4,11H,5-10,12H2,1-2H3,(H2,18,19,20). The molecule has 1 aliphatic heterocycles. The number of nitrogens with zero attached hydrogens (tertiary/aromatic N) is 2. The third-order valence-corrected chi connectivity index (χ3v) is 3.72. The van der Waals surface area contributed by atoms with E-state index in [1.165, 1.54) is 13.2 Å². The fourth-order valence-electron chi connectivity index (χ4n) is 2.38. The molecule has 1 aromatic carbocycles. The lowest BCUT2D eigenvalue weighted by molar-refractivity contribution is 0.0389. The van der Waals surface area contributed by atoms with Crippen LogP contribution in [0.3, 0.4) is 0 Å². The summed E-state index contributed by atoms with van der Waals surface area (Å²) in [5.74, 6) is 0.596. The molecule has 6 nitrogen and oxygen atoms in total. The number of methoxy groups -OCH3 is 1. The van der Waals surface area contributed by atoms with Gasteiger partial charge in [0.15, 0.2) is 17.5 Å². The first-order chi connectivity index (χ1) is 11.2. The van der Waals surface area contributed by atoms with Crippen LogP contribution in [0, 0.1) is 5.82 Å². The molecule has 128 valence electrons.